The third-order valence-electron chi connectivity index (χ3n) is 3.70. The van der Waals surface area contributed by atoms with Crippen molar-refractivity contribution >= 4 is 27.3 Å². The standard InChI is InChI=1S/C14H18BrF2N3O3/c1-18(2)8-9-4-3-5-19(9)11-7-13(23-14(16)17)10(15)6-12(11)20(21)22/h6-7,9,14H,3-5,8H2,1-2H3. The molecule has 1 atom stereocenters. The van der Waals surface area contributed by atoms with Crippen LogP contribution in [0.4, 0.5) is 20.2 Å². The summed E-state index contributed by atoms with van der Waals surface area (Å²) in [6.07, 6.45) is 1.80. The average molecular weight is 394 g/mol. The number of benzene rings is 1. The van der Waals surface area contributed by atoms with E-state index in [-0.39, 0.29) is 22.0 Å². The number of alkyl halides is 2. The second kappa shape index (κ2) is 7.39. The fourth-order valence-corrected chi connectivity index (χ4v) is 3.28. The molecule has 6 nitrogen and oxygen atoms in total. The Balaban J connectivity index is 2.43. The number of hydrogen-bond donors (Lipinski definition) is 0. The maximum absolute atomic E-state index is 12.5. The van der Waals surface area contributed by atoms with Gasteiger partial charge < -0.3 is 14.5 Å². The number of likely N-dealkylation sites (N-methyl/N-ethyl adjacent to an activating group) is 1. The summed E-state index contributed by atoms with van der Waals surface area (Å²) < 4.78 is 29.6. The van der Waals surface area contributed by atoms with Gasteiger partial charge in [0.1, 0.15) is 11.4 Å². The van der Waals surface area contributed by atoms with Crippen LogP contribution in [0.5, 0.6) is 5.75 Å². The largest absolute Gasteiger partial charge is 0.434 e. The number of nitro benzene ring substituents is 1. The fraction of sp³-hybridized carbons (Fsp3) is 0.571. The highest BCUT2D eigenvalue weighted by molar-refractivity contribution is 9.10. The Morgan fingerprint density at radius 1 is 1.52 bits per heavy atom. The van der Waals surface area contributed by atoms with E-state index in [0.29, 0.717) is 12.2 Å². The molecule has 0 bridgehead atoms. The highest BCUT2D eigenvalue weighted by Gasteiger charge is 2.31. The molecule has 9 heteroatoms. The summed E-state index contributed by atoms with van der Waals surface area (Å²) in [7, 11) is 3.86. The lowest BCUT2D eigenvalue weighted by atomic mass is 10.1. The molecule has 0 N–H and O–H groups in total. The highest BCUT2D eigenvalue weighted by atomic mass is 79.9. The Hall–Kier alpha value is -1.48. The maximum Gasteiger partial charge on any atom is 0.387 e. The molecule has 0 aliphatic carbocycles. The molecule has 1 aromatic rings. The third-order valence-corrected chi connectivity index (χ3v) is 4.32. The van der Waals surface area contributed by atoms with Gasteiger partial charge in [0.2, 0.25) is 0 Å². The molecule has 2 rings (SSSR count). The summed E-state index contributed by atoms with van der Waals surface area (Å²) in [6.45, 7) is -1.61. The van der Waals surface area contributed by atoms with E-state index in [9.17, 15) is 18.9 Å². The molecule has 0 amide bonds. The van der Waals surface area contributed by atoms with Gasteiger partial charge in [-0.15, -0.1) is 0 Å². The van der Waals surface area contributed by atoms with Crippen molar-refractivity contribution in [2.75, 3.05) is 32.1 Å². The zero-order valence-electron chi connectivity index (χ0n) is 12.8. The van der Waals surface area contributed by atoms with E-state index >= 15 is 0 Å². The SMILES string of the molecule is CN(C)CC1CCCN1c1cc(OC(F)F)c(Br)cc1[N+](=O)[O-]. The molecule has 0 saturated carbocycles. The smallest absolute Gasteiger partial charge is 0.387 e. The van der Waals surface area contributed by atoms with Crippen molar-refractivity contribution in [1.29, 1.82) is 0 Å². The van der Waals surface area contributed by atoms with Crippen molar-refractivity contribution in [3.63, 3.8) is 0 Å². The molecule has 0 aromatic heterocycles. The van der Waals surface area contributed by atoms with Crippen molar-refractivity contribution in [2.24, 2.45) is 0 Å². The maximum atomic E-state index is 12.5. The molecule has 0 radical (unpaired) electrons. The average Bonchev–Trinajstić information content (AvgIpc) is 2.87. The molecule has 1 aromatic carbocycles. The predicted octanol–water partition coefficient (Wildman–Crippen LogP) is 3.49. The zero-order valence-corrected chi connectivity index (χ0v) is 14.4. The van der Waals surface area contributed by atoms with E-state index in [4.69, 9.17) is 0 Å². The molecule has 0 spiro atoms. The van der Waals surface area contributed by atoms with Crippen LogP contribution >= 0.6 is 15.9 Å². The van der Waals surface area contributed by atoms with Gasteiger partial charge >= 0.3 is 6.61 Å². The Bertz CT molecular complexity index is 587. The van der Waals surface area contributed by atoms with Crippen LogP contribution in [0.1, 0.15) is 12.8 Å². The van der Waals surface area contributed by atoms with Gasteiger partial charge in [0.05, 0.1) is 9.40 Å². The molecule has 23 heavy (non-hydrogen) atoms. The van der Waals surface area contributed by atoms with Crippen molar-refractivity contribution in [1.82, 2.24) is 4.90 Å². The number of nitro groups is 1. The van der Waals surface area contributed by atoms with Crippen molar-refractivity contribution in [3.05, 3.63) is 26.7 Å². The lowest BCUT2D eigenvalue weighted by molar-refractivity contribution is -0.384. The minimum absolute atomic E-state index is 0.101. The molecule has 1 heterocycles. The minimum Gasteiger partial charge on any atom is -0.434 e. The lowest BCUT2D eigenvalue weighted by Crippen LogP contribution is -2.37. The van der Waals surface area contributed by atoms with Crippen LogP contribution in [0.25, 0.3) is 0 Å². The summed E-state index contributed by atoms with van der Waals surface area (Å²) in [5, 5.41) is 11.4. The van der Waals surface area contributed by atoms with Crippen LogP contribution in [0, 0.1) is 10.1 Å². The van der Waals surface area contributed by atoms with Gasteiger partial charge in [-0.1, -0.05) is 0 Å². The van der Waals surface area contributed by atoms with Crippen LogP contribution in [-0.2, 0) is 0 Å². The van der Waals surface area contributed by atoms with E-state index in [0.717, 1.165) is 19.4 Å². The topological polar surface area (TPSA) is 58.8 Å². The number of ether oxygens (including phenoxy) is 1. The second-order valence-electron chi connectivity index (χ2n) is 5.66. The number of hydrogen-bond acceptors (Lipinski definition) is 5. The quantitative estimate of drug-likeness (QED) is 0.546. The summed E-state index contributed by atoms with van der Waals surface area (Å²) >= 11 is 3.05. The van der Waals surface area contributed by atoms with E-state index in [1.165, 1.54) is 12.1 Å². The van der Waals surface area contributed by atoms with Crippen molar-refractivity contribution in [3.8, 4) is 5.75 Å². The van der Waals surface area contributed by atoms with Gasteiger partial charge in [-0.3, -0.25) is 10.1 Å². The Morgan fingerprint density at radius 3 is 2.78 bits per heavy atom. The second-order valence-corrected chi connectivity index (χ2v) is 6.51. The monoisotopic (exact) mass is 393 g/mol. The molecular formula is C14H18BrF2N3O3. The summed E-state index contributed by atoms with van der Waals surface area (Å²) in [6, 6.07) is 2.64. The van der Waals surface area contributed by atoms with Gasteiger partial charge in [0.25, 0.3) is 5.69 Å². The molecule has 1 fully saturated rings. The molecule has 128 valence electrons. The Kier molecular flexibility index (Phi) is 5.74. The van der Waals surface area contributed by atoms with Crippen molar-refractivity contribution < 1.29 is 18.4 Å². The Labute approximate surface area is 141 Å². The first-order valence-electron chi connectivity index (χ1n) is 7.13. The number of nitrogens with zero attached hydrogens (tertiary/aromatic N) is 3. The van der Waals surface area contributed by atoms with Gasteiger partial charge in [-0.2, -0.15) is 8.78 Å². The first-order valence-corrected chi connectivity index (χ1v) is 7.93. The number of halogens is 3. The minimum atomic E-state index is -2.99. The van der Waals surface area contributed by atoms with Gasteiger partial charge in [-0.05, 0) is 42.9 Å². The highest BCUT2D eigenvalue weighted by Crippen LogP contribution is 2.41. The van der Waals surface area contributed by atoms with Gasteiger partial charge in [0, 0.05) is 31.3 Å². The lowest BCUT2D eigenvalue weighted by Gasteiger charge is -2.29. The Morgan fingerprint density at radius 2 is 2.22 bits per heavy atom. The van der Waals surface area contributed by atoms with Gasteiger partial charge in [-0.25, -0.2) is 0 Å². The van der Waals surface area contributed by atoms with Crippen LogP contribution in [-0.4, -0.2) is 49.7 Å². The van der Waals surface area contributed by atoms with Crippen LogP contribution < -0.4 is 9.64 Å². The van der Waals surface area contributed by atoms with E-state index in [1.54, 1.807) is 0 Å². The first-order chi connectivity index (χ1) is 10.8. The molecule has 1 aliphatic rings. The van der Waals surface area contributed by atoms with Crippen LogP contribution in [0.15, 0.2) is 16.6 Å². The summed E-state index contributed by atoms with van der Waals surface area (Å²) in [4.78, 5) is 14.8. The number of rotatable bonds is 6. The normalized spacial score (nSPS) is 18.0. The predicted molar refractivity (Wildman–Crippen MR) is 86.4 cm³/mol. The van der Waals surface area contributed by atoms with Gasteiger partial charge in [0.15, 0.2) is 0 Å². The summed E-state index contributed by atoms with van der Waals surface area (Å²) in [5.41, 5.74) is 0.197. The van der Waals surface area contributed by atoms with Crippen LogP contribution in [0.2, 0.25) is 0 Å². The zero-order chi connectivity index (χ0) is 17.1. The molecule has 1 unspecified atom stereocenters. The molecule has 1 aliphatic heterocycles. The molecule has 1 saturated heterocycles. The van der Waals surface area contributed by atoms with Crippen LogP contribution in [0.3, 0.4) is 0 Å². The fourth-order valence-electron chi connectivity index (χ4n) is 2.86. The van der Waals surface area contributed by atoms with E-state index in [2.05, 4.69) is 20.7 Å². The van der Waals surface area contributed by atoms with E-state index < -0.39 is 11.5 Å². The van der Waals surface area contributed by atoms with Crippen molar-refractivity contribution in [2.45, 2.75) is 25.5 Å². The first kappa shape index (κ1) is 17.9. The van der Waals surface area contributed by atoms with E-state index in [1.807, 2.05) is 23.9 Å². The summed E-state index contributed by atoms with van der Waals surface area (Å²) in [5.74, 6) is -0.101. The third kappa shape index (κ3) is 4.29. The number of anilines is 1. The molecular weight excluding hydrogens is 376 g/mol.